The lowest BCUT2D eigenvalue weighted by molar-refractivity contribution is -0.139. The van der Waals surface area contributed by atoms with Gasteiger partial charge < -0.3 is 20.7 Å². The van der Waals surface area contributed by atoms with Crippen LogP contribution in [0.1, 0.15) is 18.4 Å². The van der Waals surface area contributed by atoms with Gasteiger partial charge >= 0.3 is 5.97 Å². The lowest BCUT2D eigenvalue weighted by Gasteiger charge is -2.19. The van der Waals surface area contributed by atoms with E-state index < -0.39 is 23.8 Å². The van der Waals surface area contributed by atoms with Gasteiger partial charge in [-0.2, -0.15) is 0 Å². The van der Waals surface area contributed by atoms with Crippen LogP contribution in [0, 0.1) is 0 Å². The number of pyridine rings is 1. The fourth-order valence-electron chi connectivity index (χ4n) is 3.77. The molecular weight excluding hydrogens is 434 g/mol. The van der Waals surface area contributed by atoms with Crippen molar-refractivity contribution in [2.24, 2.45) is 0 Å². The summed E-state index contributed by atoms with van der Waals surface area (Å²) >= 11 is 0. The minimum absolute atomic E-state index is 0.150. The number of benzene rings is 3. The molecular formula is C26H23N3O5. The van der Waals surface area contributed by atoms with Gasteiger partial charge in [-0.05, 0) is 35.9 Å². The van der Waals surface area contributed by atoms with Gasteiger partial charge in [0.05, 0.1) is 6.42 Å². The highest BCUT2D eigenvalue weighted by molar-refractivity contribution is 6.00. The first kappa shape index (κ1) is 22.7. The Bertz CT molecular complexity index is 1430. The molecule has 0 saturated heterocycles. The quantitative estimate of drug-likeness (QED) is 0.302. The lowest BCUT2D eigenvalue weighted by atomic mass is 10.0. The summed E-state index contributed by atoms with van der Waals surface area (Å²) in [4.78, 5) is 52.3. The summed E-state index contributed by atoms with van der Waals surface area (Å²) in [5.41, 5.74) is 2.47. The maximum atomic E-state index is 13.1. The molecule has 4 N–H and O–H groups in total. The summed E-state index contributed by atoms with van der Waals surface area (Å²) in [6, 6.07) is 20.5. The lowest BCUT2D eigenvalue weighted by Crippen LogP contribution is -2.45. The number of amides is 2. The molecule has 8 heteroatoms. The van der Waals surface area contributed by atoms with Crippen LogP contribution >= 0.6 is 0 Å². The average molecular weight is 457 g/mol. The number of nitrogens with one attached hydrogen (secondary N) is 3. The summed E-state index contributed by atoms with van der Waals surface area (Å²) in [7, 11) is 0. The molecule has 0 aliphatic heterocycles. The summed E-state index contributed by atoms with van der Waals surface area (Å²) < 4.78 is 0. The number of carboxylic acid groups (broad SMARTS) is 1. The van der Waals surface area contributed by atoms with E-state index in [1.807, 2.05) is 42.5 Å². The summed E-state index contributed by atoms with van der Waals surface area (Å²) in [6.45, 7) is 0. The Hall–Kier alpha value is -4.46. The van der Waals surface area contributed by atoms with Crippen molar-refractivity contribution < 1.29 is 19.5 Å². The predicted molar refractivity (Wildman–Crippen MR) is 130 cm³/mol. The van der Waals surface area contributed by atoms with Gasteiger partial charge in [-0.15, -0.1) is 0 Å². The Morgan fingerprint density at radius 2 is 1.56 bits per heavy atom. The van der Waals surface area contributed by atoms with Gasteiger partial charge in [-0.25, -0.2) is 0 Å². The minimum Gasteiger partial charge on any atom is -0.481 e. The zero-order valence-corrected chi connectivity index (χ0v) is 18.2. The predicted octanol–water partition coefficient (Wildman–Crippen LogP) is 3.21. The van der Waals surface area contributed by atoms with Crippen LogP contribution in [-0.4, -0.2) is 33.9 Å². The van der Waals surface area contributed by atoms with Gasteiger partial charge in [-0.3, -0.25) is 19.2 Å². The molecule has 2 amide bonds. The van der Waals surface area contributed by atoms with Crippen molar-refractivity contribution >= 4 is 45.3 Å². The molecule has 4 rings (SSSR count). The third kappa shape index (κ3) is 5.29. The second-order valence-corrected chi connectivity index (χ2v) is 7.95. The fraction of sp³-hybridized carbons (Fsp3) is 0.154. The van der Waals surface area contributed by atoms with Crippen LogP contribution in [0.25, 0.3) is 21.8 Å². The zero-order valence-electron chi connectivity index (χ0n) is 18.2. The standard InChI is InChI=1S/C26H23N3O5/c30-23(12-13-24(31)32)29-22(14-16-6-2-1-3-7-16)26(34)27-17-10-11-21-19(15-17)25(33)18-8-4-5-9-20(18)28-21/h1-11,15,22H,12-14H2,(H,27,34)(H,28,33)(H,29,30)(H,31,32)/t22-/m0/s1. The molecule has 1 aromatic heterocycles. The van der Waals surface area contributed by atoms with E-state index in [1.54, 1.807) is 30.3 Å². The normalized spacial score (nSPS) is 11.8. The van der Waals surface area contributed by atoms with Crippen LogP contribution in [-0.2, 0) is 20.8 Å². The number of aromatic nitrogens is 1. The first-order valence-electron chi connectivity index (χ1n) is 10.8. The molecule has 4 aromatic rings. The highest BCUT2D eigenvalue weighted by Gasteiger charge is 2.22. The first-order valence-corrected chi connectivity index (χ1v) is 10.8. The van der Waals surface area contributed by atoms with Crippen LogP contribution < -0.4 is 16.1 Å². The molecule has 1 heterocycles. The molecule has 0 unspecified atom stereocenters. The molecule has 0 fully saturated rings. The van der Waals surface area contributed by atoms with Crippen molar-refractivity contribution in [2.45, 2.75) is 25.3 Å². The average Bonchev–Trinajstić information content (AvgIpc) is 2.83. The second kappa shape index (κ2) is 9.99. The number of aliphatic carboxylic acids is 1. The van der Waals surface area contributed by atoms with Crippen LogP contribution in [0.3, 0.4) is 0 Å². The summed E-state index contributed by atoms with van der Waals surface area (Å²) in [5.74, 6) is -2.09. The molecule has 0 aliphatic rings. The summed E-state index contributed by atoms with van der Waals surface area (Å²) in [5, 5.41) is 15.2. The Labute approximate surface area is 194 Å². The van der Waals surface area contributed by atoms with E-state index in [9.17, 15) is 19.2 Å². The highest BCUT2D eigenvalue weighted by Crippen LogP contribution is 2.19. The molecule has 1 atom stereocenters. The molecule has 34 heavy (non-hydrogen) atoms. The number of aromatic amines is 1. The Balaban J connectivity index is 1.58. The largest absolute Gasteiger partial charge is 0.481 e. The van der Waals surface area contributed by atoms with E-state index in [0.29, 0.717) is 22.0 Å². The van der Waals surface area contributed by atoms with E-state index in [1.165, 1.54) is 0 Å². The molecule has 0 spiro atoms. The summed E-state index contributed by atoms with van der Waals surface area (Å²) in [6.07, 6.45) is -0.330. The topological polar surface area (TPSA) is 128 Å². The van der Waals surface area contributed by atoms with Crippen molar-refractivity contribution in [2.75, 3.05) is 5.32 Å². The van der Waals surface area contributed by atoms with Crippen LogP contribution in [0.4, 0.5) is 5.69 Å². The maximum absolute atomic E-state index is 13.1. The SMILES string of the molecule is O=C(O)CCC(=O)N[C@@H](Cc1ccccc1)C(=O)Nc1ccc2[nH]c3ccccc3c(=O)c2c1. The highest BCUT2D eigenvalue weighted by atomic mass is 16.4. The number of anilines is 1. The van der Waals surface area contributed by atoms with E-state index in [0.717, 1.165) is 11.1 Å². The Morgan fingerprint density at radius 1 is 0.853 bits per heavy atom. The fourth-order valence-corrected chi connectivity index (χ4v) is 3.77. The van der Waals surface area contributed by atoms with Crippen molar-refractivity contribution in [3.05, 3.63) is 88.6 Å². The zero-order chi connectivity index (χ0) is 24.1. The van der Waals surface area contributed by atoms with E-state index in [4.69, 9.17) is 5.11 Å². The number of H-pyrrole nitrogens is 1. The van der Waals surface area contributed by atoms with E-state index >= 15 is 0 Å². The third-order valence-corrected chi connectivity index (χ3v) is 5.47. The van der Waals surface area contributed by atoms with Crippen molar-refractivity contribution in [1.29, 1.82) is 0 Å². The minimum atomic E-state index is -1.09. The number of fused-ring (bicyclic) bond motifs is 2. The Kier molecular flexibility index (Phi) is 6.68. The monoisotopic (exact) mass is 457 g/mol. The third-order valence-electron chi connectivity index (χ3n) is 5.47. The smallest absolute Gasteiger partial charge is 0.303 e. The van der Waals surface area contributed by atoms with Gasteiger partial charge in [0, 0.05) is 40.3 Å². The number of carbonyl (C=O) groups excluding carboxylic acids is 2. The van der Waals surface area contributed by atoms with Crippen LogP contribution in [0.15, 0.2) is 77.6 Å². The molecule has 0 bridgehead atoms. The van der Waals surface area contributed by atoms with Gasteiger partial charge in [0.2, 0.25) is 11.8 Å². The molecule has 0 aliphatic carbocycles. The molecule has 172 valence electrons. The number of carboxylic acids is 1. The number of hydrogen-bond acceptors (Lipinski definition) is 4. The van der Waals surface area contributed by atoms with Crippen molar-refractivity contribution in [1.82, 2.24) is 10.3 Å². The first-order chi connectivity index (χ1) is 16.4. The van der Waals surface area contributed by atoms with Crippen LogP contribution in [0.5, 0.6) is 0 Å². The number of rotatable bonds is 8. The Morgan fingerprint density at radius 3 is 2.32 bits per heavy atom. The number of hydrogen-bond donors (Lipinski definition) is 4. The molecule has 8 nitrogen and oxygen atoms in total. The molecule has 3 aromatic carbocycles. The second-order valence-electron chi connectivity index (χ2n) is 7.95. The molecule has 0 saturated carbocycles. The number of para-hydroxylation sites is 1. The molecule has 0 radical (unpaired) electrons. The maximum Gasteiger partial charge on any atom is 0.303 e. The van der Waals surface area contributed by atoms with Crippen molar-refractivity contribution in [3.8, 4) is 0 Å². The van der Waals surface area contributed by atoms with Crippen LogP contribution in [0.2, 0.25) is 0 Å². The number of carbonyl (C=O) groups is 3. The van der Waals surface area contributed by atoms with Gasteiger partial charge in [-0.1, -0.05) is 42.5 Å². The van der Waals surface area contributed by atoms with Gasteiger partial charge in [0.25, 0.3) is 0 Å². The van der Waals surface area contributed by atoms with Gasteiger partial charge in [0.1, 0.15) is 6.04 Å². The van der Waals surface area contributed by atoms with E-state index in [-0.39, 0.29) is 24.7 Å². The van der Waals surface area contributed by atoms with E-state index in [2.05, 4.69) is 15.6 Å². The van der Waals surface area contributed by atoms with Crippen molar-refractivity contribution in [3.63, 3.8) is 0 Å². The van der Waals surface area contributed by atoms with Gasteiger partial charge in [0.15, 0.2) is 5.43 Å².